The van der Waals surface area contributed by atoms with Gasteiger partial charge in [0.1, 0.15) is 9.88 Å². The minimum Gasteiger partial charge on any atom is -0.451 e. The molecule has 0 atom stereocenters. The number of aromatic nitrogens is 1. The van der Waals surface area contributed by atoms with Gasteiger partial charge in [0.25, 0.3) is 5.91 Å². The van der Waals surface area contributed by atoms with Crippen LogP contribution in [0.5, 0.6) is 0 Å². The molecule has 152 valence electrons. The van der Waals surface area contributed by atoms with Gasteiger partial charge in [0.2, 0.25) is 0 Å². The van der Waals surface area contributed by atoms with Crippen molar-refractivity contribution in [1.82, 2.24) is 4.98 Å². The quantitative estimate of drug-likeness (QED) is 0.490. The molecule has 0 bridgehead atoms. The van der Waals surface area contributed by atoms with Crippen molar-refractivity contribution < 1.29 is 14.3 Å². The summed E-state index contributed by atoms with van der Waals surface area (Å²) in [6, 6.07) is 18.1. The molecule has 3 rings (SSSR count). The van der Waals surface area contributed by atoms with Crippen LogP contribution >= 0.6 is 22.9 Å². The average molecular weight is 440 g/mol. The molecule has 0 spiro atoms. The third-order valence-corrected chi connectivity index (χ3v) is 5.65. The monoisotopic (exact) mass is 439 g/mol. The number of benzene rings is 2. The standard InChI is InChI=1S/C22H18ClN3O3S/c1-15-20(30-21(25-15)16-8-10-17(23)11-9-16)22(28)29-14-19(27)26(13-5-12-24)18-6-3-2-4-7-18/h2-4,6-11H,5,13-14H2,1H3. The van der Waals surface area contributed by atoms with Gasteiger partial charge in [0.05, 0.1) is 18.2 Å². The molecule has 0 radical (unpaired) electrons. The molecule has 0 aliphatic carbocycles. The summed E-state index contributed by atoms with van der Waals surface area (Å²) in [5.74, 6) is -1.00. The van der Waals surface area contributed by atoms with Crippen LogP contribution in [0.3, 0.4) is 0 Å². The Labute approximate surface area is 183 Å². The fourth-order valence-corrected chi connectivity index (χ4v) is 3.83. The summed E-state index contributed by atoms with van der Waals surface area (Å²) < 4.78 is 5.26. The van der Waals surface area contributed by atoms with E-state index in [1.807, 2.05) is 24.3 Å². The smallest absolute Gasteiger partial charge is 0.350 e. The zero-order valence-corrected chi connectivity index (χ0v) is 17.7. The second kappa shape index (κ2) is 10.0. The molecule has 1 aromatic heterocycles. The summed E-state index contributed by atoms with van der Waals surface area (Å²) in [6.45, 7) is 1.52. The lowest BCUT2D eigenvalue weighted by Crippen LogP contribution is -2.35. The number of nitriles is 1. The first-order valence-corrected chi connectivity index (χ1v) is 10.3. The number of para-hydroxylation sites is 1. The zero-order valence-electron chi connectivity index (χ0n) is 16.2. The van der Waals surface area contributed by atoms with Gasteiger partial charge in [0.15, 0.2) is 6.61 Å². The Balaban J connectivity index is 1.69. The fourth-order valence-electron chi connectivity index (χ4n) is 2.74. The molecule has 6 nitrogen and oxygen atoms in total. The molecule has 0 aliphatic rings. The van der Waals surface area contributed by atoms with Gasteiger partial charge < -0.3 is 9.64 Å². The van der Waals surface area contributed by atoms with Crippen LogP contribution in [0.4, 0.5) is 5.69 Å². The van der Waals surface area contributed by atoms with Crippen LogP contribution in [0.1, 0.15) is 21.8 Å². The van der Waals surface area contributed by atoms with E-state index in [1.54, 1.807) is 43.3 Å². The van der Waals surface area contributed by atoms with Crippen LogP contribution < -0.4 is 4.90 Å². The van der Waals surface area contributed by atoms with Gasteiger partial charge in [-0.05, 0) is 31.2 Å². The number of amides is 1. The van der Waals surface area contributed by atoms with E-state index in [9.17, 15) is 9.59 Å². The summed E-state index contributed by atoms with van der Waals surface area (Å²) in [7, 11) is 0. The Morgan fingerprint density at radius 2 is 1.87 bits per heavy atom. The van der Waals surface area contributed by atoms with Crippen molar-refractivity contribution in [3.05, 3.63) is 70.2 Å². The van der Waals surface area contributed by atoms with Gasteiger partial charge in [0, 0.05) is 22.8 Å². The molecule has 1 amide bonds. The zero-order chi connectivity index (χ0) is 21.5. The van der Waals surface area contributed by atoms with Crippen LogP contribution in [-0.2, 0) is 9.53 Å². The number of hydrogen-bond donors (Lipinski definition) is 0. The molecule has 30 heavy (non-hydrogen) atoms. The highest BCUT2D eigenvalue weighted by molar-refractivity contribution is 7.17. The van der Waals surface area contributed by atoms with E-state index in [1.165, 1.54) is 16.2 Å². The van der Waals surface area contributed by atoms with Crippen molar-refractivity contribution in [3.8, 4) is 16.6 Å². The van der Waals surface area contributed by atoms with Crippen molar-refractivity contribution >= 4 is 40.5 Å². The Morgan fingerprint density at radius 1 is 1.17 bits per heavy atom. The highest BCUT2D eigenvalue weighted by atomic mass is 35.5. The number of carbonyl (C=O) groups is 2. The predicted octanol–water partition coefficient (Wildman–Crippen LogP) is 4.88. The number of rotatable bonds is 7. The summed E-state index contributed by atoms with van der Waals surface area (Å²) in [6.07, 6.45) is 0.174. The first-order chi connectivity index (χ1) is 14.5. The Bertz CT molecular complexity index is 1080. The summed E-state index contributed by atoms with van der Waals surface area (Å²) >= 11 is 7.11. The molecule has 2 aromatic carbocycles. The van der Waals surface area contributed by atoms with Gasteiger partial charge in [-0.25, -0.2) is 9.78 Å². The maximum Gasteiger partial charge on any atom is 0.350 e. The lowest BCUT2D eigenvalue weighted by molar-refractivity contribution is -0.121. The van der Waals surface area contributed by atoms with Gasteiger partial charge in [-0.2, -0.15) is 5.26 Å². The van der Waals surface area contributed by atoms with Crippen molar-refractivity contribution in [2.24, 2.45) is 0 Å². The van der Waals surface area contributed by atoms with Gasteiger partial charge in [-0.15, -0.1) is 11.3 Å². The topological polar surface area (TPSA) is 83.3 Å². The molecule has 3 aromatic rings. The maximum absolute atomic E-state index is 12.6. The van der Waals surface area contributed by atoms with E-state index in [-0.39, 0.29) is 13.0 Å². The molecule has 0 fully saturated rings. The van der Waals surface area contributed by atoms with Gasteiger partial charge in [-0.1, -0.05) is 41.9 Å². The van der Waals surface area contributed by atoms with Crippen LogP contribution in [0, 0.1) is 18.3 Å². The van der Waals surface area contributed by atoms with Crippen molar-refractivity contribution in [2.75, 3.05) is 18.1 Å². The van der Waals surface area contributed by atoms with Crippen molar-refractivity contribution in [3.63, 3.8) is 0 Å². The second-order valence-corrected chi connectivity index (χ2v) is 7.74. The fraction of sp³-hybridized carbons (Fsp3) is 0.182. The number of carbonyl (C=O) groups excluding carboxylic acids is 2. The summed E-state index contributed by atoms with van der Waals surface area (Å²) in [5, 5.41) is 10.2. The van der Waals surface area contributed by atoms with Crippen molar-refractivity contribution in [2.45, 2.75) is 13.3 Å². The van der Waals surface area contributed by atoms with Gasteiger partial charge in [-0.3, -0.25) is 4.79 Å². The minimum absolute atomic E-state index is 0.174. The van der Waals surface area contributed by atoms with E-state index in [4.69, 9.17) is 21.6 Å². The SMILES string of the molecule is Cc1nc(-c2ccc(Cl)cc2)sc1C(=O)OCC(=O)N(CCC#N)c1ccccc1. The van der Waals surface area contributed by atoms with Crippen molar-refractivity contribution in [1.29, 1.82) is 5.26 Å². The van der Waals surface area contributed by atoms with Crippen LogP contribution in [0.25, 0.3) is 10.6 Å². The van der Waals surface area contributed by atoms with E-state index in [2.05, 4.69) is 4.98 Å². The lowest BCUT2D eigenvalue weighted by Gasteiger charge is -2.21. The maximum atomic E-state index is 12.6. The largest absolute Gasteiger partial charge is 0.451 e. The Hall–Kier alpha value is -3.21. The molecule has 0 N–H and O–H groups in total. The normalized spacial score (nSPS) is 10.3. The third-order valence-electron chi connectivity index (χ3n) is 4.22. The number of thiazole rings is 1. The number of anilines is 1. The van der Waals surface area contributed by atoms with E-state index < -0.39 is 18.5 Å². The number of aryl methyl sites for hydroxylation is 1. The highest BCUT2D eigenvalue weighted by Crippen LogP contribution is 2.29. The van der Waals surface area contributed by atoms with E-state index in [0.717, 1.165) is 5.56 Å². The number of nitrogens with zero attached hydrogens (tertiary/aromatic N) is 3. The molecule has 8 heteroatoms. The molecular formula is C22H18ClN3O3S. The molecule has 1 heterocycles. The molecule has 0 aliphatic heterocycles. The lowest BCUT2D eigenvalue weighted by atomic mass is 10.2. The summed E-state index contributed by atoms with van der Waals surface area (Å²) in [5.41, 5.74) is 2.02. The second-order valence-electron chi connectivity index (χ2n) is 6.31. The number of esters is 1. The summed E-state index contributed by atoms with van der Waals surface area (Å²) in [4.78, 5) is 31.4. The van der Waals surface area contributed by atoms with Crippen LogP contribution in [0.15, 0.2) is 54.6 Å². The third kappa shape index (κ3) is 5.23. The molecule has 0 saturated heterocycles. The first-order valence-electron chi connectivity index (χ1n) is 9.12. The number of ether oxygens (including phenoxy) is 1. The average Bonchev–Trinajstić information content (AvgIpc) is 3.15. The number of hydrogen-bond acceptors (Lipinski definition) is 6. The molecule has 0 unspecified atom stereocenters. The minimum atomic E-state index is -0.605. The first kappa shape index (κ1) is 21.5. The van der Waals surface area contributed by atoms with Crippen LogP contribution in [0.2, 0.25) is 5.02 Å². The molecule has 0 saturated carbocycles. The molecular weight excluding hydrogens is 422 g/mol. The Kier molecular flexibility index (Phi) is 7.17. The number of halogens is 1. The Morgan fingerprint density at radius 3 is 2.53 bits per heavy atom. The van der Waals surface area contributed by atoms with Gasteiger partial charge >= 0.3 is 5.97 Å². The van der Waals surface area contributed by atoms with Crippen LogP contribution in [-0.4, -0.2) is 30.0 Å². The van der Waals surface area contributed by atoms with E-state index >= 15 is 0 Å². The predicted molar refractivity (Wildman–Crippen MR) is 117 cm³/mol. The van der Waals surface area contributed by atoms with E-state index in [0.29, 0.717) is 26.3 Å². The highest BCUT2D eigenvalue weighted by Gasteiger charge is 2.21.